The molecule has 0 unspecified atom stereocenters. The SMILES string of the molecule is CCCCc1ccc(NC(=O)c2cc(Br)c[nH]2)cc1. The van der Waals surface area contributed by atoms with Crippen LogP contribution in [0.5, 0.6) is 0 Å². The van der Waals surface area contributed by atoms with Crippen molar-refractivity contribution in [2.75, 3.05) is 5.32 Å². The fourth-order valence-electron chi connectivity index (χ4n) is 1.83. The van der Waals surface area contributed by atoms with Gasteiger partial charge in [0.25, 0.3) is 5.91 Å². The minimum Gasteiger partial charge on any atom is -0.356 e. The molecule has 2 aromatic rings. The maximum absolute atomic E-state index is 11.9. The number of halogens is 1. The van der Waals surface area contributed by atoms with Crippen molar-refractivity contribution >= 4 is 27.5 Å². The van der Waals surface area contributed by atoms with E-state index < -0.39 is 0 Å². The van der Waals surface area contributed by atoms with Crippen molar-refractivity contribution in [2.45, 2.75) is 26.2 Å². The van der Waals surface area contributed by atoms with Crippen LogP contribution in [0.1, 0.15) is 35.8 Å². The summed E-state index contributed by atoms with van der Waals surface area (Å²) in [5.74, 6) is -0.132. The summed E-state index contributed by atoms with van der Waals surface area (Å²) in [7, 11) is 0. The third kappa shape index (κ3) is 3.96. The van der Waals surface area contributed by atoms with Gasteiger partial charge < -0.3 is 10.3 Å². The molecule has 1 aromatic heterocycles. The number of aromatic nitrogens is 1. The topological polar surface area (TPSA) is 44.9 Å². The third-order valence-corrected chi connectivity index (χ3v) is 3.38. The van der Waals surface area contributed by atoms with E-state index in [4.69, 9.17) is 0 Å². The number of benzene rings is 1. The smallest absolute Gasteiger partial charge is 0.272 e. The fourth-order valence-corrected chi connectivity index (χ4v) is 2.18. The standard InChI is InChI=1S/C15H17BrN2O/c1-2-3-4-11-5-7-13(8-6-11)18-15(19)14-9-12(16)10-17-14/h5-10,17H,2-4H2,1H3,(H,18,19). The van der Waals surface area contributed by atoms with Crippen molar-refractivity contribution in [2.24, 2.45) is 0 Å². The van der Waals surface area contributed by atoms with Crippen LogP contribution in [0.4, 0.5) is 5.69 Å². The number of anilines is 1. The molecule has 3 nitrogen and oxygen atoms in total. The van der Waals surface area contributed by atoms with Gasteiger partial charge in [0.05, 0.1) is 0 Å². The lowest BCUT2D eigenvalue weighted by atomic mass is 10.1. The van der Waals surface area contributed by atoms with Gasteiger partial charge in [-0.25, -0.2) is 0 Å². The molecule has 4 heteroatoms. The van der Waals surface area contributed by atoms with Crippen LogP contribution >= 0.6 is 15.9 Å². The summed E-state index contributed by atoms with van der Waals surface area (Å²) < 4.78 is 0.868. The second-order valence-electron chi connectivity index (χ2n) is 4.49. The molecule has 0 saturated heterocycles. The first kappa shape index (κ1) is 13.9. The van der Waals surface area contributed by atoms with E-state index in [2.05, 4.69) is 45.3 Å². The predicted octanol–water partition coefficient (Wildman–Crippen LogP) is 4.37. The Morgan fingerprint density at radius 2 is 2.05 bits per heavy atom. The lowest BCUT2D eigenvalue weighted by Gasteiger charge is -2.05. The Morgan fingerprint density at radius 1 is 1.32 bits per heavy atom. The minimum absolute atomic E-state index is 0.132. The summed E-state index contributed by atoms with van der Waals surface area (Å²) in [5, 5.41) is 2.86. The van der Waals surface area contributed by atoms with Crippen LogP contribution < -0.4 is 5.32 Å². The fraction of sp³-hybridized carbons (Fsp3) is 0.267. The van der Waals surface area contributed by atoms with Crippen LogP contribution in [0, 0.1) is 0 Å². The van der Waals surface area contributed by atoms with Crippen LogP contribution in [-0.4, -0.2) is 10.9 Å². The molecule has 2 rings (SSSR count). The Labute approximate surface area is 121 Å². The Balaban J connectivity index is 1.97. The van der Waals surface area contributed by atoms with Gasteiger partial charge in [-0.3, -0.25) is 4.79 Å². The number of hydrogen-bond acceptors (Lipinski definition) is 1. The van der Waals surface area contributed by atoms with E-state index in [1.807, 2.05) is 12.1 Å². The highest BCUT2D eigenvalue weighted by Gasteiger charge is 2.07. The van der Waals surface area contributed by atoms with E-state index in [0.29, 0.717) is 5.69 Å². The Hall–Kier alpha value is -1.55. The minimum atomic E-state index is -0.132. The number of amides is 1. The number of carbonyl (C=O) groups is 1. The van der Waals surface area contributed by atoms with Gasteiger partial charge in [0, 0.05) is 16.4 Å². The molecular formula is C15H17BrN2O. The maximum Gasteiger partial charge on any atom is 0.272 e. The molecule has 0 aliphatic rings. The monoisotopic (exact) mass is 320 g/mol. The van der Waals surface area contributed by atoms with Gasteiger partial charge in [0.15, 0.2) is 0 Å². The van der Waals surface area contributed by atoms with Gasteiger partial charge >= 0.3 is 0 Å². The zero-order valence-corrected chi connectivity index (χ0v) is 12.5. The number of carbonyl (C=O) groups excluding carboxylic acids is 1. The van der Waals surface area contributed by atoms with Gasteiger partial charge in [0.2, 0.25) is 0 Å². The molecule has 1 aromatic carbocycles. The van der Waals surface area contributed by atoms with E-state index in [9.17, 15) is 4.79 Å². The third-order valence-electron chi connectivity index (χ3n) is 2.92. The maximum atomic E-state index is 11.9. The molecule has 1 heterocycles. The Morgan fingerprint density at radius 3 is 2.63 bits per heavy atom. The second kappa shape index (κ2) is 6.57. The van der Waals surface area contributed by atoms with Crippen LogP contribution in [0.2, 0.25) is 0 Å². The number of unbranched alkanes of at least 4 members (excludes halogenated alkanes) is 1. The zero-order chi connectivity index (χ0) is 13.7. The van der Waals surface area contributed by atoms with Crippen molar-refractivity contribution in [3.63, 3.8) is 0 Å². The molecule has 0 fully saturated rings. The summed E-state index contributed by atoms with van der Waals surface area (Å²) in [6.45, 7) is 2.18. The van der Waals surface area contributed by atoms with Crippen molar-refractivity contribution in [1.82, 2.24) is 4.98 Å². The number of rotatable bonds is 5. The van der Waals surface area contributed by atoms with Gasteiger partial charge in [-0.15, -0.1) is 0 Å². The van der Waals surface area contributed by atoms with Crippen molar-refractivity contribution in [3.05, 3.63) is 52.3 Å². The summed E-state index contributed by atoms with van der Waals surface area (Å²) >= 11 is 3.31. The van der Waals surface area contributed by atoms with Crippen LogP contribution in [-0.2, 0) is 6.42 Å². The van der Waals surface area contributed by atoms with Gasteiger partial charge in [0.1, 0.15) is 5.69 Å². The molecule has 2 N–H and O–H groups in total. The quantitative estimate of drug-likeness (QED) is 0.844. The van der Waals surface area contributed by atoms with Crippen molar-refractivity contribution < 1.29 is 4.79 Å². The first-order valence-corrected chi connectivity index (χ1v) is 7.22. The molecule has 19 heavy (non-hydrogen) atoms. The molecule has 0 aliphatic carbocycles. The van der Waals surface area contributed by atoms with Crippen LogP contribution in [0.15, 0.2) is 41.0 Å². The van der Waals surface area contributed by atoms with E-state index in [1.54, 1.807) is 12.3 Å². The van der Waals surface area contributed by atoms with Gasteiger partial charge in [-0.1, -0.05) is 25.5 Å². The summed E-state index contributed by atoms with van der Waals surface area (Å²) in [6.07, 6.45) is 5.22. The molecular weight excluding hydrogens is 304 g/mol. The first-order chi connectivity index (χ1) is 9.19. The summed E-state index contributed by atoms with van der Waals surface area (Å²) in [4.78, 5) is 14.8. The van der Waals surface area contributed by atoms with Crippen molar-refractivity contribution in [1.29, 1.82) is 0 Å². The van der Waals surface area contributed by atoms with Gasteiger partial charge in [-0.2, -0.15) is 0 Å². The number of aromatic amines is 1. The van der Waals surface area contributed by atoms with E-state index >= 15 is 0 Å². The highest BCUT2D eigenvalue weighted by atomic mass is 79.9. The highest BCUT2D eigenvalue weighted by molar-refractivity contribution is 9.10. The lowest BCUT2D eigenvalue weighted by Crippen LogP contribution is -2.12. The van der Waals surface area contributed by atoms with E-state index in [0.717, 1.165) is 16.6 Å². The summed E-state index contributed by atoms with van der Waals surface area (Å²) in [5.41, 5.74) is 2.67. The van der Waals surface area contributed by atoms with Crippen LogP contribution in [0.25, 0.3) is 0 Å². The number of nitrogens with one attached hydrogen (secondary N) is 2. The largest absolute Gasteiger partial charge is 0.356 e. The zero-order valence-electron chi connectivity index (χ0n) is 10.9. The predicted molar refractivity (Wildman–Crippen MR) is 81.5 cm³/mol. The molecule has 0 radical (unpaired) electrons. The highest BCUT2D eigenvalue weighted by Crippen LogP contribution is 2.15. The molecule has 1 amide bonds. The van der Waals surface area contributed by atoms with Crippen molar-refractivity contribution in [3.8, 4) is 0 Å². The summed E-state index contributed by atoms with van der Waals surface area (Å²) in [6, 6.07) is 9.78. The molecule has 0 atom stereocenters. The molecule has 100 valence electrons. The van der Waals surface area contributed by atoms with E-state index in [-0.39, 0.29) is 5.91 Å². The first-order valence-electron chi connectivity index (χ1n) is 6.43. The number of aryl methyl sites for hydroxylation is 1. The molecule has 0 spiro atoms. The number of H-pyrrole nitrogens is 1. The molecule has 0 saturated carbocycles. The van der Waals surface area contributed by atoms with E-state index in [1.165, 1.54) is 18.4 Å². The Kier molecular flexibility index (Phi) is 4.80. The Bertz CT molecular complexity index is 546. The average molecular weight is 321 g/mol. The molecule has 0 bridgehead atoms. The number of hydrogen-bond donors (Lipinski definition) is 2. The molecule has 0 aliphatic heterocycles. The van der Waals surface area contributed by atoms with Gasteiger partial charge in [-0.05, 0) is 52.5 Å². The normalized spacial score (nSPS) is 10.4. The second-order valence-corrected chi connectivity index (χ2v) is 5.40. The lowest BCUT2D eigenvalue weighted by molar-refractivity contribution is 0.102. The average Bonchev–Trinajstić information content (AvgIpc) is 2.85. The van der Waals surface area contributed by atoms with Crippen LogP contribution in [0.3, 0.4) is 0 Å².